The molecule has 3 rings (SSSR count). The fourth-order valence-electron chi connectivity index (χ4n) is 3.29. The van der Waals surface area contributed by atoms with Crippen molar-refractivity contribution in [3.8, 4) is 5.75 Å². The molecule has 1 saturated heterocycles. The maximum absolute atomic E-state index is 12.9. The van der Waals surface area contributed by atoms with Crippen molar-refractivity contribution in [2.75, 3.05) is 13.1 Å². The van der Waals surface area contributed by atoms with Gasteiger partial charge in [0.25, 0.3) is 11.6 Å². The van der Waals surface area contributed by atoms with E-state index in [1.807, 2.05) is 0 Å². The number of non-ortho nitro benzene ring substituents is 1. The van der Waals surface area contributed by atoms with Gasteiger partial charge in [0, 0.05) is 36.3 Å². The number of nitro benzene ring substituents is 1. The van der Waals surface area contributed by atoms with Crippen molar-refractivity contribution in [2.24, 2.45) is 5.10 Å². The minimum atomic E-state index is -3.74. The van der Waals surface area contributed by atoms with E-state index in [1.54, 1.807) is 13.8 Å². The Labute approximate surface area is 198 Å². The topological polar surface area (TPSA) is 151 Å². The number of morpholine rings is 1. The second-order valence-corrected chi connectivity index (χ2v) is 10.2. The van der Waals surface area contributed by atoms with Crippen LogP contribution >= 0.6 is 15.9 Å². The van der Waals surface area contributed by atoms with E-state index in [1.165, 1.54) is 28.6 Å². The van der Waals surface area contributed by atoms with Crippen LogP contribution in [0, 0.1) is 10.1 Å². The lowest BCUT2D eigenvalue weighted by Gasteiger charge is -2.34. The van der Waals surface area contributed by atoms with Crippen LogP contribution in [0.3, 0.4) is 0 Å². The van der Waals surface area contributed by atoms with Crippen LogP contribution in [0.4, 0.5) is 5.69 Å². The monoisotopic (exact) mass is 540 g/mol. The molecule has 0 radical (unpaired) electrons. The number of rotatable bonds is 6. The summed E-state index contributed by atoms with van der Waals surface area (Å²) in [6.45, 7) is 4.09. The second-order valence-electron chi connectivity index (χ2n) is 7.43. The Bertz CT molecular complexity index is 1190. The number of ether oxygens (including phenoxy) is 1. The predicted molar refractivity (Wildman–Crippen MR) is 123 cm³/mol. The van der Waals surface area contributed by atoms with Gasteiger partial charge < -0.3 is 9.84 Å². The number of hydrazone groups is 1. The highest BCUT2D eigenvalue weighted by Crippen LogP contribution is 2.31. The minimum Gasteiger partial charge on any atom is -0.506 e. The van der Waals surface area contributed by atoms with Crippen LogP contribution in [0.1, 0.15) is 29.8 Å². The fourth-order valence-corrected chi connectivity index (χ4v) is 5.34. The molecule has 2 aromatic carbocycles. The number of amides is 1. The highest BCUT2D eigenvalue weighted by Gasteiger charge is 2.32. The van der Waals surface area contributed by atoms with Crippen molar-refractivity contribution >= 4 is 43.8 Å². The number of phenolic OH excluding ortho intramolecular Hbond substituents is 1. The van der Waals surface area contributed by atoms with Crippen molar-refractivity contribution in [1.29, 1.82) is 0 Å². The molecule has 0 saturated carbocycles. The molecule has 33 heavy (non-hydrogen) atoms. The SMILES string of the molecule is C[C@@H]1CN(S(=O)(=O)c2ccc(C(=O)N/N=C\c3cc([N+](=O)[O-])cc(Br)c3O)cc2)C[C@@H](C)O1. The fraction of sp³-hybridized carbons (Fsp3) is 0.300. The molecule has 2 aromatic rings. The number of nitrogens with one attached hydrogen (secondary N) is 1. The number of nitrogens with zero attached hydrogens (tertiary/aromatic N) is 3. The van der Waals surface area contributed by atoms with Crippen LogP contribution in [0.15, 0.2) is 50.9 Å². The van der Waals surface area contributed by atoms with E-state index < -0.39 is 20.9 Å². The average molecular weight is 541 g/mol. The van der Waals surface area contributed by atoms with Gasteiger partial charge in [0.1, 0.15) is 5.75 Å². The summed E-state index contributed by atoms with van der Waals surface area (Å²) < 4.78 is 32.8. The maximum atomic E-state index is 12.9. The Morgan fingerprint density at radius 3 is 2.45 bits per heavy atom. The molecule has 11 nitrogen and oxygen atoms in total. The highest BCUT2D eigenvalue weighted by molar-refractivity contribution is 9.10. The molecule has 0 bridgehead atoms. The zero-order valence-corrected chi connectivity index (χ0v) is 20.0. The number of hydrogen-bond acceptors (Lipinski definition) is 8. The van der Waals surface area contributed by atoms with E-state index in [-0.39, 0.29) is 57.2 Å². The summed E-state index contributed by atoms with van der Waals surface area (Å²) >= 11 is 3.02. The van der Waals surface area contributed by atoms with Crippen molar-refractivity contribution in [2.45, 2.75) is 31.0 Å². The first-order valence-corrected chi connectivity index (χ1v) is 12.0. The zero-order chi connectivity index (χ0) is 24.3. The first-order valence-electron chi connectivity index (χ1n) is 9.75. The van der Waals surface area contributed by atoms with Gasteiger partial charge in [-0.2, -0.15) is 9.41 Å². The van der Waals surface area contributed by atoms with Gasteiger partial charge in [0.05, 0.1) is 32.7 Å². The molecule has 1 fully saturated rings. The molecule has 0 aromatic heterocycles. The molecule has 0 unspecified atom stereocenters. The summed E-state index contributed by atoms with van der Waals surface area (Å²) in [6, 6.07) is 7.62. The Morgan fingerprint density at radius 2 is 1.88 bits per heavy atom. The zero-order valence-electron chi connectivity index (χ0n) is 17.6. The molecule has 1 aliphatic heterocycles. The minimum absolute atomic E-state index is 0.0202. The van der Waals surface area contributed by atoms with Gasteiger partial charge in [-0.1, -0.05) is 0 Å². The van der Waals surface area contributed by atoms with Crippen LogP contribution in [0.5, 0.6) is 5.75 Å². The lowest BCUT2D eigenvalue weighted by atomic mass is 10.2. The third kappa shape index (κ3) is 5.74. The summed E-state index contributed by atoms with van der Waals surface area (Å²) in [5.41, 5.74) is 2.14. The van der Waals surface area contributed by atoms with Gasteiger partial charge >= 0.3 is 0 Å². The number of benzene rings is 2. The summed E-state index contributed by atoms with van der Waals surface area (Å²) in [6.07, 6.45) is 0.611. The van der Waals surface area contributed by atoms with Crippen LogP contribution in [0.2, 0.25) is 0 Å². The molecular formula is C20H21BrN4O7S. The number of carbonyl (C=O) groups is 1. The third-order valence-electron chi connectivity index (χ3n) is 4.80. The van der Waals surface area contributed by atoms with Crippen LogP contribution in [0.25, 0.3) is 0 Å². The van der Waals surface area contributed by atoms with E-state index in [2.05, 4.69) is 26.5 Å². The van der Waals surface area contributed by atoms with Crippen molar-refractivity contribution in [3.63, 3.8) is 0 Å². The Balaban J connectivity index is 1.71. The highest BCUT2D eigenvalue weighted by atomic mass is 79.9. The molecule has 13 heteroatoms. The maximum Gasteiger partial charge on any atom is 0.271 e. The molecule has 0 aliphatic carbocycles. The standard InChI is InChI=1S/C20H21BrN4O7S/c1-12-10-24(11-13(2)32-12)33(30,31)17-5-3-14(4-6-17)20(27)23-22-9-15-7-16(25(28)29)8-18(21)19(15)26/h3-9,12-13,26H,10-11H2,1-2H3,(H,23,27)/b22-9-/t12-,13-/m1/s1. The predicted octanol–water partition coefficient (Wildman–Crippen LogP) is 2.62. The Morgan fingerprint density at radius 1 is 1.27 bits per heavy atom. The van der Waals surface area contributed by atoms with E-state index in [0.29, 0.717) is 0 Å². The van der Waals surface area contributed by atoms with Gasteiger partial charge in [-0.05, 0) is 54.0 Å². The first-order chi connectivity index (χ1) is 15.5. The average Bonchev–Trinajstić information content (AvgIpc) is 2.75. The van der Waals surface area contributed by atoms with E-state index in [0.717, 1.165) is 18.3 Å². The summed E-state index contributed by atoms with van der Waals surface area (Å²) in [4.78, 5) is 22.7. The smallest absolute Gasteiger partial charge is 0.271 e. The molecule has 1 amide bonds. The normalized spacial score (nSPS) is 19.5. The van der Waals surface area contributed by atoms with Crippen LogP contribution in [-0.2, 0) is 14.8 Å². The number of sulfonamides is 1. The lowest BCUT2D eigenvalue weighted by molar-refractivity contribution is -0.385. The number of halogens is 1. The molecule has 2 N–H and O–H groups in total. The number of phenols is 1. The number of aromatic hydroxyl groups is 1. The molecule has 176 valence electrons. The van der Waals surface area contributed by atoms with Crippen molar-refractivity contribution < 1.29 is 28.0 Å². The quantitative estimate of drug-likeness (QED) is 0.324. The van der Waals surface area contributed by atoms with Crippen molar-refractivity contribution in [1.82, 2.24) is 9.73 Å². The summed E-state index contributed by atoms with van der Waals surface area (Å²) in [5.74, 6) is -0.910. The molecule has 0 spiro atoms. The summed E-state index contributed by atoms with van der Waals surface area (Å²) in [5, 5.41) is 24.7. The lowest BCUT2D eigenvalue weighted by Crippen LogP contribution is -2.48. The van der Waals surface area contributed by atoms with Crippen LogP contribution in [-0.4, -0.2) is 60.2 Å². The van der Waals surface area contributed by atoms with Gasteiger partial charge in [0.15, 0.2) is 0 Å². The largest absolute Gasteiger partial charge is 0.506 e. The third-order valence-corrected chi connectivity index (χ3v) is 7.25. The van der Waals surface area contributed by atoms with E-state index >= 15 is 0 Å². The Hall–Kier alpha value is -2.87. The molecule has 1 heterocycles. The summed E-state index contributed by atoms with van der Waals surface area (Å²) in [7, 11) is -3.74. The molecule has 1 aliphatic rings. The van der Waals surface area contributed by atoms with Crippen molar-refractivity contribution in [3.05, 3.63) is 62.1 Å². The van der Waals surface area contributed by atoms with E-state index in [4.69, 9.17) is 4.74 Å². The number of nitro groups is 1. The molecular weight excluding hydrogens is 520 g/mol. The van der Waals surface area contributed by atoms with E-state index in [9.17, 15) is 28.4 Å². The number of hydrogen-bond donors (Lipinski definition) is 2. The van der Waals surface area contributed by atoms with Gasteiger partial charge in [0.2, 0.25) is 10.0 Å². The molecule has 2 atom stereocenters. The van der Waals surface area contributed by atoms with Gasteiger partial charge in [-0.3, -0.25) is 14.9 Å². The second kappa shape index (κ2) is 9.95. The van der Waals surface area contributed by atoms with Gasteiger partial charge in [-0.15, -0.1) is 0 Å². The Kier molecular flexibility index (Phi) is 7.47. The number of carbonyl (C=O) groups excluding carboxylic acids is 1. The van der Waals surface area contributed by atoms with Crippen LogP contribution < -0.4 is 5.43 Å². The first kappa shape index (κ1) is 24.8. The van der Waals surface area contributed by atoms with Gasteiger partial charge in [-0.25, -0.2) is 13.8 Å².